The van der Waals surface area contributed by atoms with Gasteiger partial charge >= 0.3 is 5.97 Å². The molecule has 6 heteroatoms. The van der Waals surface area contributed by atoms with Crippen LogP contribution in [0.5, 0.6) is 0 Å². The number of piperidine rings is 1. The minimum Gasteiger partial charge on any atom is -0.478 e. The summed E-state index contributed by atoms with van der Waals surface area (Å²) in [4.78, 5) is 29.2. The molecule has 2 atom stereocenters. The Morgan fingerprint density at radius 3 is 2.57 bits per heavy atom. The molecule has 2 unspecified atom stereocenters. The summed E-state index contributed by atoms with van der Waals surface area (Å²) in [6, 6.07) is 0. The lowest BCUT2D eigenvalue weighted by Gasteiger charge is -2.39. The van der Waals surface area contributed by atoms with Gasteiger partial charge in [-0.05, 0) is 74.9 Å². The number of likely N-dealkylation sites (tertiary alicyclic amines) is 1. The van der Waals surface area contributed by atoms with Crippen LogP contribution in [0.1, 0.15) is 71.1 Å². The number of Topliss-reactive ketones (excluding diaryl/α,β-unsaturated/α-hetero) is 1. The zero-order chi connectivity index (χ0) is 24.5. The third-order valence-electron chi connectivity index (χ3n) is 8.43. The Kier molecular flexibility index (Phi) is 6.99. The number of aliphatic carboxylic acids is 1. The van der Waals surface area contributed by atoms with Crippen molar-refractivity contribution >= 4 is 11.8 Å². The minimum atomic E-state index is -1.20. The highest BCUT2D eigenvalue weighted by Gasteiger charge is 2.39. The lowest BCUT2D eigenvalue weighted by molar-refractivity contribution is -0.135. The zero-order valence-corrected chi connectivity index (χ0v) is 20.7. The zero-order valence-electron chi connectivity index (χ0n) is 20.7. The third-order valence-corrected chi connectivity index (χ3v) is 8.43. The molecule has 5 aliphatic rings. The molecule has 2 heterocycles. The maximum atomic E-state index is 15.4. The van der Waals surface area contributed by atoms with E-state index in [0.29, 0.717) is 36.1 Å². The Hall–Kier alpha value is -2.63. The molecular weight excluding hydrogens is 443 g/mol. The van der Waals surface area contributed by atoms with E-state index in [1.54, 1.807) is 0 Å². The van der Waals surface area contributed by atoms with Crippen LogP contribution >= 0.6 is 0 Å². The number of carboxylic acid groups (broad SMARTS) is 1. The summed E-state index contributed by atoms with van der Waals surface area (Å²) in [5, 5.41) is 9.78. The summed E-state index contributed by atoms with van der Waals surface area (Å²) in [6.45, 7) is 3.85. The molecule has 0 radical (unpaired) electrons. The van der Waals surface area contributed by atoms with Gasteiger partial charge in [-0.2, -0.15) is 0 Å². The van der Waals surface area contributed by atoms with Gasteiger partial charge in [0.2, 0.25) is 0 Å². The second-order valence-electron chi connectivity index (χ2n) is 10.8. The molecule has 0 amide bonds. The number of allylic oxidation sites excluding steroid dienone is 6. The molecule has 0 spiro atoms. The molecule has 188 valence electrons. The molecule has 0 aromatic rings. The lowest BCUT2D eigenvalue weighted by Crippen LogP contribution is -2.38. The second kappa shape index (κ2) is 10.2. The number of hydrogen-bond donors (Lipinski definition) is 1. The van der Waals surface area contributed by atoms with Crippen LogP contribution < -0.4 is 0 Å². The number of rotatable bonds is 6. The maximum absolute atomic E-state index is 15.4. The Morgan fingerprint density at radius 2 is 1.94 bits per heavy atom. The number of carbonyl (C=O) groups is 2. The number of carbonyl (C=O) groups excluding carboxylic acids is 1. The van der Waals surface area contributed by atoms with Gasteiger partial charge in [-0.25, -0.2) is 9.18 Å². The van der Waals surface area contributed by atoms with Gasteiger partial charge in [0.05, 0.1) is 11.6 Å². The number of halogens is 1. The first-order valence-corrected chi connectivity index (χ1v) is 13.5. The van der Waals surface area contributed by atoms with Crippen molar-refractivity contribution in [3.8, 4) is 0 Å². The predicted octanol–water partition coefficient (Wildman–Crippen LogP) is 6.09. The van der Waals surface area contributed by atoms with E-state index in [1.165, 1.54) is 31.9 Å². The standard InChI is InChI=1S/C29H37FN2O3/c1-2-4-19-13-15-31(16-14-19)27-17-26-23(5-3-6-25(27)30)28(33)24(29(34)35)18-32(26)22-11-9-21(10-12-22)20-7-8-20/h9,11-12,17-21,23H,2-8,10,13-16H2,1H3,(H,34,35). The van der Waals surface area contributed by atoms with Gasteiger partial charge in [0.25, 0.3) is 0 Å². The van der Waals surface area contributed by atoms with Gasteiger partial charge in [0.1, 0.15) is 11.4 Å². The van der Waals surface area contributed by atoms with E-state index < -0.39 is 11.9 Å². The highest BCUT2D eigenvalue weighted by Crippen LogP contribution is 2.43. The maximum Gasteiger partial charge on any atom is 0.340 e. The van der Waals surface area contributed by atoms with E-state index in [4.69, 9.17) is 0 Å². The Labute approximate surface area is 207 Å². The largest absolute Gasteiger partial charge is 0.478 e. The van der Waals surface area contributed by atoms with Crippen molar-refractivity contribution in [3.63, 3.8) is 0 Å². The van der Waals surface area contributed by atoms with Gasteiger partial charge in [-0.3, -0.25) is 4.79 Å². The Balaban J connectivity index is 1.50. The van der Waals surface area contributed by atoms with Crippen LogP contribution in [0.15, 0.2) is 59.0 Å². The molecule has 5 nitrogen and oxygen atoms in total. The fourth-order valence-corrected chi connectivity index (χ4v) is 6.21. The van der Waals surface area contributed by atoms with E-state index in [0.717, 1.165) is 44.0 Å². The van der Waals surface area contributed by atoms with Crippen LogP contribution in [-0.2, 0) is 9.59 Å². The fourth-order valence-electron chi connectivity index (χ4n) is 6.21. The Morgan fingerprint density at radius 1 is 1.17 bits per heavy atom. The number of carboxylic acids is 1. The van der Waals surface area contributed by atoms with Crippen molar-refractivity contribution in [1.29, 1.82) is 0 Å². The summed E-state index contributed by atoms with van der Waals surface area (Å²) < 4.78 is 15.4. The first-order chi connectivity index (χ1) is 17.0. The normalized spacial score (nSPS) is 28.2. The molecule has 1 N–H and O–H groups in total. The average Bonchev–Trinajstić information content (AvgIpc) is 3.69. The first-order valence-electron chi connectivity index (χ1n) is 13.5. The summed E-state index contributed by atoms with van der Waals surface area (Å²) in [7, 11) is 0. The van der Waals surface area contributed by atoms with Gasteiger partial charge in [0, 0.05) is 37.1 Å². The van der Waals surface area contributed by atoms with Crippen molar-refractivity contribution in [2.24, 2.45) is 23.7 Å². The molecule has 0 aromatic heterocycles. The van der Waals surface area contributed by atoms with Crippen LogP contribution in [0.3, 0.4) is 0 Å². The van der Waals surface area contributed by atoms with Gasteiger partial charge in [-0.15, -0.1) is 0 Å². The first kappa shape index (κ1) is 24.1. The van der Waals surface area contributed by atoms with Crippen LogP contribution in [0.25, 0.3) is 0 Å². The van der Waals surface area contributed by atoms with E-state index >= 15 is 4.39 Å². The number of nitrogens with zero attached hydrogens (tertiary/aromatic N) is 2. The minimum absolute atomic E-state index is 0.118. The van der Waals surface area contributed by atoms with Crippen LogP contribution in [0.4, 0.5) is 4.39 Å². The molecule has 2 aliphatic heterocycles. The topological polar surface area (TPSA) is 60.9 Å². The molecule has 0 aromatic carbocycles. The molecule has 0 bridgehead atoms. The SMILES string of the molecule is CCCC1CCN(C2=C(F)CCCC3C(=O)C(C(=O)O)=CN(C4=CCC(C5CC5)C=C4)C3=C2)CC1. The smallest absolute Gasteiger partial charge is 0.340 e. The highest BCUT2D eigenvalue weighted by molar-refractivity contribution is 6.18. The van der Waals surface area contributed by atoms with Crippen LogP contribution in [0, 0.1) is 23.7 Å². The highest BCUT2D eigenvalue weighted by atomic mass is 19.1. The molecule has 2 fully saturated rings. The van der Waals surface area contributed by atoms with Crippen molar-refractivity contribution in [2.75, 3.05) is 13.1 Å². The molecular formula is C29H37FN2O3. The van der Waals surface area contributed by atoms with Crippen molar-refractivity contribution in [3.05, 3.63) is 59.0 Å². The van der Waals surface area contributed by atoms with E-state index in [-0.39, 0.29) is 23.6 Å². The lowest BCUT2D eigenvalue weighted by atomic mass is 9.83. The average molecular weight is 481 g/mol. The van der Waals surface area contributed by atoms with E-state index in [1.807, 2.05) is 11.0 Å². The van der Waals surface area contributed by atoms with Crippen LogP contribution in [-0.4, -0.2) is 39.7 Å². The van der Waals surface area contributed by atoms with E-state index in [2.05, 4.69) is 30.1 Å². The molecule has 35 heavy (non-hydrogen) atoms. The van der Waals surface area contributed by atoms with Gasteiger partial charge < -0.3 is 14.9 Å². The number of ketones is 1. The summed E-state index contributed by atoms with van der Waals surface area (Å²) in [5.74, 6) is -0.261. The fraction of sp³-hybridized carbons (Fsp3) is 0.586. The number of fused-ring (bicyclic) bond motifs is 1. The molecule has 1 saturated carbocycles. The second-order valence-corrected chi connectivity index (χ2v) is 10.8. The van der Waals surface area contributed by atoms with Crippen molar-refractivity contribution < 1.29 is 19.1 Å². The van der Waals surface area contributed by atoms with Gasteiger partial charge in [0.15, 0.2) is 5.78 Å². The monoisotopic (exact) mass is 480 g/mol. The Bertz CT molecular complexity index is 1020. The summed E-state index contributed by atoms with van der Waals surface area (Å²) >= 11 is 0. The molecule has 3 aliphatic carbocycles. The summed E-state index contributed by atoms with van der Waals surface area (Å²) in [5.41, 5.74) is 1.99. The predicted molar refractivity (Wildman–Crippen MR) is 133 cm³/mol. The number of hydrogen-bond acceptors (Lipinski definition) is 4. The van der Waals surface area contributed by atoms with Gasteiger partial charge in [-0.1, -0.05) is 31.9 Å². The summed E-state index contributed by atoms with van der Waals surface area (Å²) in [6.07, 6.45) is 19.0. The van der Waals surface area contributed by atoms with Crippen molar-refractivity contribution in [1.82, 2.24) is 9.80 Å². The van der Waals surface area contributed by atoms with Crippen molar-refractivity contribution in [2.45, 2.75) is 71.1 Å². The molecule has 5 rings (SSSR count). The van der Waals surface area contributed by atoms with E-state index in [9.17, 15) is 14.7 Å². The third kappa shape index (κ3) is 5.03. The van der Waals surface area contributed by atoms with Crippen LogP contribution in [0.2, 0.25) is 0 Å². The molecule has 1 saturated heterocycles. The quantitative estimate of drug-likeness (QED) is 0.467.